The summed E-state index contributed by atoms with van der Waals surface area (Å²) in [5, 5.41) is 2.97. The molecule has 1 atom stereocenters. The lowest BCUT2D eigenvalue weighted by Gasteiger charge is -2.21. The molecule has 1 aromatic carbocycles. The number of carbonyl (C=O) groups excluding carboxylic acids is 2. The number of nitrogen functional groups attached to an aromatic ring is 1. The van der Waals surface area contributed by atoms with E-state index in [2.05, 4.69) is 5.32 Å². The van der Waals surface area contributed by atoms with E-state index in [4.69, 9.17) is 17.3 Å². The predicted octanol–water partition coefficient (Wildman–Crippen LogP) is 1.38. The second-order valence-electron chi connectivity index (χ2n) is 4.44. The maximum atomic E-state index is 12.2. The van der Waals surface area contributed by atoms with E-state index >= 15 is 0 Å². The first-order valence-electron chi connectivity index (χ1n) is 5.89. The van der Waals surface area contributed by atoms with E-state index in [1.807, 2.05) is 0 Å². The Bertz CT molecular complexity index is 491. The van der Waals surface area contributed by atoms with Crippen LogP contribution >= 0.6 is 11.6 Å². The van der Waals surface area contributed by atoms with E-state index in [1.54, 1.807) is 33.2 Å². The van der Waals surface area contributed by atoms with Crippen LogP contribution in [-0.4, -0.2) is 37.4 Å². The molecular formula is C13H18ClN3O2. The van der Waals surface area contributed by atoms with Crippen LogP contribution < -0.4 is 11.1 Å². The number of halogens is 1. The molecule has 0 aromatic heterocycles. The Labute approximate surface area is 117 Å². The molecule has 19 heavy (non-hydrogen) atoms. The van der Waals surface area contributed by atoms with Gasteiger partial charge in [-0.05, 0) is 18.2 Å². The highest BCUT2D eigenvalue weighted by Crippen LogP contribution is 2.20. The third-order valence-corrected chi connectivity index (χ3v) is 3.18. The summed E-state index contributed by atoms with van der Waals surface area (Å²) < 4.78 is 0. The fraction of sp³-hybridized carbons (Fsp3) is 0.385. The van der Waals surface area contributed by atoms with Gasteiger partial charge in [-0.1, -0.05) is 18.5 Å². The van der Waals surface area contributed by atoms with Crippen molar-refractivity contribution in [1.29, 1.82) is 0 Å². The molecule has 0 saturated carbocycles. The fourth-order valence-electron chi connectivity index (χ4n) is 1.72. The zero-order valence-electron chi connectivity index (χ0n) is 11.2. The first kappa shape index (κ1) is 15.3. The third-order valence-electron chi connectivity index (χ3n) is 2.83. The van der Waals surface area contributed by atoms with Crippen molar-refractivity contribution >= 4 is 29.1 Å². The Balaban J connectivity index is 2.76. The third kappa shape index (κ3) is 3.86. The van der Waals surface area contributed by atoms with Gasteiger partial charge < -0.3 is 16.0 Å². The molecule has 2 amide bonds. The molecule has 5 nitrogen and oxygen atoms in total. The molecule has 0 aliphatic rings. The summed E-state index contributed by atoms with van der Waals surface area (Å²) in [6, 6.07) is 4.73. The highest BCUT2D eigenvalue weighted by molar-refractivity contribution is 6.33. The van der Waals surface area contributed by atoms with E-state index in [0.717, 1.165) is 0 Å². The molecule has 0 aliphatic carbocycles. The minimum absolute atomic E-state index is 0.102. The number of anilines is 1. The minimum atomic E-state index is -0.274. The van der Waals surface area contributed by atoms with Gasteiger partial charge in [0.05, 0.1) is 16.6 Å². The Morgan fingerprint density at radius 2 is 2.11 bits per heavy atom. The van der Waals surface area contributed by atoms with E-state index in [9.17, 15) is 9.59 Å². The van der Waals surface area contributed by atoms with E-state index in [0.29, 0.717) is 22.8 Å². The molecule has 6 heteroatoms. The van der Waals surface area contributed by atoms with Gasteiger partial charge in [0.25, 0.3) is 5.91 Å². The van der Waals surface area contributed by atoms with Gasteiger partial charge in [-0.25, -0.2) is 0 Å². The van der Waals surface area contributed by atoms with Crippen molar-refractivity contribution in [3.63, 3.8) is 0 Å². The Morgan fingerprint density at radius 3 is 2.63 bits per heavy atom. The van der Waals surface area contributed by atoms with Crippen LogP contribution in [0.15, 0.2) is 18.2 Å². The summed E-state index contributed by atoms with van der Waals surface area (Å²) >= 11 is 5.81. The maximum absolute atomic E-state index is 12.2. The van der Waals surface area contributed by atoms with E-state index in [-0.39, 0.29) is 17.7 Å². The second kappa shape index (κ2) is 6.43. The number of hydrogen-bond acceptors (Lipinski definition) is 3. The molecule has 0 saturated heterocycles. The first-order valence-corrected chi connectivity index (χ1v) is 6.26. The Kier molecular flexibility index (Phi) is 5.18. The SMILES string of the molecule is CNC(=O)C(C)CN(C)C(=O)c1ccc(Cl)c(N)c1. The zero-order valence-corrected chi connectivity index (χ0v) is 12.0. The number of carbonyl (C=O) groups is 2. The first-order chi connectivity index (χ1) is 8.86. The zero-order chi connectivity index (χ0) is 14.6. The number of hydrogen-bond donors (Lipinski definition) is 2. The van der Waals surface area contributed by atoms with Crippen molar-refractivity contribution in [1.82, 2.24) is 10.2 Å². The Morgan fingerprint density at radius 1 is 1.47 bits per heavy atom. The molecule has 1 aromatic rings. The highest BCUT2D eigenvalue weighted by Gasteiger charge is 2.18. The van der Waals surface area contributed by atoms with Gasteiger partial charge in [-0.3, -0.25) is 9.59 Å². The maximum Gasteiger partial charge on any atom is 0.253 e. The van der Waals surface area contributed by atoms with Gasteiger partial charge in [0.15, 0.2) is 0 Å². The average Bonchev–Trinajstić information content (AvgIpc) is 2.39. The molecule has 0 heterocycles. The summed E-state index contributed by atoms with van der Waals surface area (Å²) in [5.74, 6) is -0.571. The van der Waals surface area contributed by atoms with Crippen LogP contribution in [0.4, 0.5) is 5.69 Å². The van der Waals surface area contributed by atoms with Crippen LogP contribution in [0.1, 0.15) is 17.3 Å². The van der Waals surface area contributed by atoms with E-state index < -0.39 is 0 Å². The average molecular weight is 284 g/mol. The van der Waals surface area contributed by atoms with Crippen LogP contribution in [0.3, 0.4) is 0 Å². The minimum Gasteiger partial charge on any atom is -0.398 e. The van der Waals surface area contributed by atoms with Crippen molar-refractivity contribution < 1.29 is 9.59 Å². The quantitative estimate of drug-likeness (QED) is 0.820. The van der Waals surface area contributed by atoms with Crippen LogP contribution in [0.2, 0.25) is 5.02 Å². The van der Waals surface area contributed by atoms with Crippen molar-refractivity contribution in [3.8, 4) is 0 Å². The molecule has 0 spiro atoms. The summed E-state index contributed by atoms with van der Waals surface area (Å²) in [4.78, 5) is 25.1. The number of benzene rings is 1. The predicted molar refractivity (Wildman–Crippen MR) is 76.1 cm³/mol. The molecule has 0 aliphatic heterocycles. The normalized spacial score (nSPS) is 11.8. The van der Waals surface area contributed by atoms with E-state index in [1.165, 1.54) is 11.0 Å². The van der Waals surface area contributed by atoms with Gasteiger partial charge in [0.2, 0.25) is 5.91 Å². The molecule has 0 bridgehead atoms. The van der Waals surface area contributed by atoms with Gasteiger partial charge in [0, 0.05) is 26.2 Å². The molecule has 0 radical (unpaired) electrons. The van der Waals surface area contributed by atoms with Gasteiger partial charge in [-0.15, -0.1) is 0 Å². The highest BCUT2D eigenvalue weighted by atomic mass is 35.5. The summed E-state index contributed by atoms with van der Waals surface area (Å²) in [6.07, 6.45) is 0. The number of amides is 2. The lowest BCUT2D eigenvalue weighted by molar-refractivity contribution is -0.124. The lowest BCUT2D eigenvalue weighted by Crippen LogP contribution is -2.37. The smallest absolute Gasteiger partial charge is 0.253 e. The second-order valence-corrected chi connectivity index (χ2v) is 4.84. The summed E-state index contributed by atoms with van der Waals surface area (Å²) in [7, 11) is 3.22. The van der Waals surface area contributed by atoms with Crippen molar-refractivity contribution in [3.05, 3.63) is 28.8 Å². The van der Waals surface area contributed by atoms with Crippen LogP contribution in [0.25, 0.3) is 0 Å². The van der Waals surface area contributed by atoms with Crippen LogP contribution in [-0.2, 0) is 4.79 Å². The largest absolute Gasteiger partial charge is 0.398 e. The number of nitrogens with zero attached hydrogens (tertiary/aromatic N) is 1. The fourth-order valence-corrected chi connectivity index (χ4v) is 1.84. The Hall–Kier alpha value is -1.75. The van der Waals surface area contributed by atoms with Gasteiger partial charge in [0.1, 0.15) is 0 Å². The molecule has 1 rings (SSSR count). The monoisotopic (exact) mass is 283 g/mol. The molecule has 104 valence electrons. The molecule has 1 unspecified atom stereocenters. The van der Waals surface area contributed by atoms with Crippen LogP contribution in [0, 0.1) is 5.92 Å². The van der Waals surface area contributed by atoms with Crippen LogP contribution in [0.5, 0.6) is 0 Å². The molecular weight excluding hydrogens is 266 g/mol. The van der Waals surface area contributed by atoms with Gasteiger partial charge >= 0.3 is 0 Å². The number of nitrogens with two attached hydrogens (primary N) is 1. The summed E-state index contributed by atoms with van der Waals surface area (Å²) in [5.41, 5.74) is 6.48. The van der Waals surface area contributed by atoms with Crippen molar-refractivity contribution in [2.75, 3.05) is 26.4 Å². The van der Waals surface area contributed by atoms with Crippen molar-refractivity contribution in [2.24, 2.45) is 5.92 Å². The topological polar surface area (TPSA) is 75.4 Å². The summed E-state index contributed by atoms with van der Waals surface area (Å²) in [6.45, 7) is 2.10. The standard InChI is InChI=1S/C13H18ClN3O2/c1-8(12(18)16-2)7-17(3)13(19)9-4-5-10(14)11(15)6-9/h4-6,8H,7,15H2,1-3H3,(H,16,18). The van der Waals surface area contributed by atoms with Crippen molar-refractivity contribution in [2.45, 2.75) is 6.92 Å². The number of rotatable bonds is 4. The molecule has 0 fully saturated rings. The number of nitrogens with one attached hydrogen (secondary N) is 1. The molecule has 3 N–H and O–H groups in total. The van der Waals surface area contributed by atoms with Gasteiger partial charge in [-0.2, -0.15) is 0 Å². The lowest BCUT2D eigenvalue weighted by atomic mass is 10.1.